The van der Waals surface area contributed by atoms with Crippen LogP contribution in [0.1, 0.15) is 48.9 Å². The predicted octanol–water partition coefficient (Wildman–Crippen LogP) is 2.46. The number of carbonyl (C=O) groups is 1. The summed E-state index contributed by atoms with van der Waals surface area (Å²) in [4.78, 5) is 14.4. The molecule has 2 amide bonds. The molecule has 1 aromatic rings. The summed E-state index contributed by atoms with van der Waals surface area (Å²) < 4.78 is 27.1. The SMILES string of the molecule is CCN(C)CC(C)S(=O)(=O)NC(=O)Nc1c2c(cc3c1CCC3)CCC2. The molecule has 1 atom stereocenters. The third-order valence-electron chi connectivity index (χ3n) is 5.58. The summed E-state index contributed by atoms with van der Waals surface area (Å²) >= 11 is 0. The Bertz CT molecular complexity index is 772. The fourth-order valence-corrected chi connectivity index (χ4v) is 4.96. The smallest absolute Gasteiger partial charge is 0.307 e. The fourth-order valence-electron chi connectivity index (χ4n) is 4.00. The van der Waals surface area contributed by atoms with Gasteiger partial charge in [-0.1, -0.05) is 13.0 Å². The van der Waals surface area contributed by atoms with Gasteiger partial charge in [-0.3, -0.25) is 0 Å². The quantitative estimate of drug-likeness (QED) is 0.796. The van der Waals surface area contributed by atoms with Crippen LogP contribution in [0, 0.1) is 0 Å². The second-order valence-corrected chi connectivity index (χ2v) is 9.60. The fraction of sp³-hybridized carbons (Fsp3) is 0.632. The van der Waals surface area contributed by atoms with Crippen LogP contribution in [0.2, 0.25) is 0 Å². The Hall–Kier alpha value is -1.60. The average Bonchev–Trinajstić information content (AvgIpc) is 3.22. The Morgan fingerprint density at radius 1 is 1.15 bits per heavy atom. The lowest BCUT2D eigenvalue weighted by molar-refractivity contribution is 0.256. The van der Waals surface area contributed by atoms with Crippen molar-refractivity contribution in [3.05, 3.63) is 28.3 Å². The second kappa shape index (κ2) is 7.56. The maximum Gasteiger partial charge on any atom is 0.332 e. The first-order chi connectivity index (χ1) is 12.3. The number of amides is 2. The molecule has 2 aliphatic rings. The monoisotopic (exact) mass is 379 g/mol. The summed E-state index contributed by atoms with van der Waals surface area (Å²) in [6, 6.07) is 1.64. The third kappa shape index (κ3) is 3.88. The van der Waals surface area contributed by atoms with Gasteiger partial charge in [-0.05, 0) is 81.3 Å². The number of urea groups is 1. The van der Waals surface area contributed by atoms with E-state index in [-0.39, 0.29) is 0 Å². The minimum Gasteiger partial charge on any atom is -0.307 e. The lowest BCUT2D eigenvalue weighted by Gasteiger charge is -2.21. The molecule has 7 heteroatoms. The largest absolute Gasteiger partial charge is 0.332 e. The van der Waals surface area contributed by atoms with Gasteiger partial charge in [-0.25, -0.2) is 17.9 Å². The van der Waals surface area contributed by atoms with Gasteiger partial charge >= 0.3 is 6.03 Å². The first kappa shape index (κ1) is 19.2. The number of aryl methyl sites for hydroxylation is 2. The number of rotatable bonds is 6. The molecule has 1 unspecified atom stereocenters. The van der Waals surface area contributed by atoms with E-state index in [1.54, 1.807) is 6.92 Å². The van der Waals surface area contributed by atoms with Gasteiger partial charge in [0.2, 0.25) is 10.0 Å². The van der Waals surface area contributed by atoms with Crippen molar-refractivity contribution in [2.24, 2.45) is 0 Å². The molecule has 0 radical (unpaired) electrons. The first-order valence-corrected chi connectivity index (χ1v) is 11.0. The van der Waals surface area contributed by atoms with Gasteiger partial charge in [0.25, 0.3) is 0 Å². The van der Waals surface area contributed by atoms with Crippen LogP contribution in [0.3, 0.4) is 0 Å². The van der Waals surface area contributed by atoms with Crippen molar-refractivity contribution in [2.45, 2.75) is 57.6 Å². The van der Waals surface area contributed by atoms with E-state index in [1.807, 2.05) is 18.9 Å². The highest BCUT2D eigenvalue weighted by molar-refractivity contribution is 7.90. The molecular formula is C19H29N3O3S. The van der Waals surface area contributed by atoms with Crippen molar-refractivity contribution in [1.82, 2.24) is 9.62 Å². The Morgan fingerprint density at radius 2 is 1.73 bits per heavy atom. The lowest BCUT2D eigenvalue weighted by Crippen LogP contribution is -2.43. The van der Waals surface area contributed by atoms with Gasteiger partial charge in [0, 0.05) is 12.2 Å². The molecule has 0 aliphatic heterocycles. The number of benzene rings is 1. The highest BCUT2D eigenvalue weighted by Gasteiger charge is 2.28. The van der Waals surface area contributed by atoms with Crippen LogP contribution in [0.25, 0.3) is 0 Å². The Morgan fingerprint density at radius 3 is 2.27 bits per heavy atom. The molecule has 144 valence electrons. The van der Waals surface area contributed by atoms with E-state index in [2.05, 4.69) is 16.1 Å². The number of hydrogen-bond acceptors (Lipinski definition) is 4. The summed E-state index contributed by atoms with van der Waals surface area (Å²) in [5.41, 5.74) is 5.86. The molecule has 0 spiro atoms. The Kier molecular flexibility index (Phi) is 5.58. The van der Waals surface area contributed by atoms with E-state index in [0.29, 0.717) is 6.54 Å². The standard InChI is InChI=1S/C19H29N3O3S/c1-4-22(3)12-13(2)26(24,25)21-19(23)20-18-16-9-5-7-14(16)11-15-8-6-10-17(15)18/h11,13H,4-10,12H2,1-3H3,(H2,20,21,23). The zero-order valence-corrected chi connectivity index (χ0v) is 16.7. The molecule has 3 rings (SSSR count). The van der Waals surface area contributed by atoms with E-state index >= 15 is 0 Å². The number of nitrogens with zero attached hydrogens (tertiary/aromatic N) is 1. The molecule has 0 heterocycles. The normalized spacial score (nSPS) is 17.1. The summed E-state index contributed by atoms with van der Waals surface area (Å²) in [5.74, 6) is 0. The molecule has 2 N–H and O–H groups in total. The summed E-state index contributed by atoms with van der Waals surface area (Å²) in [6.45, 7) is 4.74. The van der Waals surface area contributed by atoms with Crippen molar-refractivity contribution >= 4 is 21.7 Å². The summed E-state index contributed by atoms with van der Waals surface area (Å²) in [5, 5.41) is 2.22. The van der Waals surface area contributed by atoms with Crippen LogP contribution in [-0.2, 0) is 35.7 Å². The lowest BCUT2D eigenvalue weighted by atomic mass is 9.99. The minimum atomic E-state index is -3.72. The number of carbonyl (C=O) groups excluding carboxylic acids is 1. The molecule has 1 aromatic carbocycles. The van der Waals surface area contributed by atoms with E-state index in [1.165, 1.54) is 22.3 Å². The van der Waals surface area contributed by atoms with Crippen molar-refractivity contribution < 1.29 is 13.2 Å². The van der Waals surface area contributed by atoms with E-state index in [9.17, 15) is 13.2 Å². The van der Waals surface area contributed by atoms with Crippen LogP contribution >= 0.6 is 0 Å². The molecule has 26 heavy (non-hydrogen) atoms. The average molecular weight is 380 g/mol. The van der Waals surface area contributed by atoms with Gasteiger partial charge in [0.05, 0.1) is 5.25 Å². The highest BCUT2D eigenvalue weighted by Crippen LogP contribution is 2.38. The van der Waals surface area contributed by atoms with Crippen molar-refractivity contribution in [3.8, 4) is 0 Å². The van der Waals surface area contributed by atoms with Gasteiger partial charge in [-0.15, -0.1) is 0 Å². The van der Waals surface area contributed by atoms with Gasteiger partial charge in [-0.2, -0.15) is 0 Å². The predicted molar refractivity (Wildman–Crippen MR) is 104 cm³/mol. The van der Waals surface area contributed by atoms with Crippen molar-refractivity contribution in [1.29, 1.82) is 0 Å². The Labute approximate surface area is 156 Å². The molecule has 6 nitrogen and oxygen atoms in total. The first-order valence-electron chi connectivity index (χ1n) is 9.49. The van der Waals surface area contributed by atoms with Crippen molar-refractivity contribution in [2.75, 3.05) is 25.5 Å². The summed E-state index contributed by atoms with van der Waals surface area (Å²) in [7, 11) is -1.85. The minimum absolute atomic E-state index is 0.384. The van der Waals surface area contributed by atoms with Crippen LogP contribution in [0.5, 0.6) is 0 Å². The summed E-state index contributed by atoms with van der Waals surface area (Å²) in [6.07, 6.45) is 6.15. The zero-order valence-electron chi connectivity index (χ0n) is 15.9. The molecule has 0 saturated carbocycles. The van der Waals surface area contributed by atoms with E-state index in [0.717, 1.165) is 50.8 Å². The number of nitrogens with one attached hydrogen (secondary N) is 2. The van der Waals surface area contributed by atoms with Crippen LogP contribution in [0.15, 0.2) is 6.07 Å². The number of hydrogen-bond donors (Lipinski definition) is 2. The van der Waals surface area contributed by atoms with Gasteiger partial charge in [0.15, 0.2) is 0 Å². The maximum atomic E-state index is 12.5. The van der Waals surface area contributed by atoms with Gasteiger partial charge in [0.1, 0.15) is 0 Å². The molecule has 0 bridgehead atoms. The second-order valence-electron chi connectivity index (χ2n) is 7.50. The van der Waals surface area contributed by atoms with Crippen molar-refractivity contribution in [3.63, 3.8) is 0 Å². The zero-order chi connectivity index (χ0) is 18.9. The van der Waals surface area contributed by atoms with E-state index < -0.39 is 21.3 Å². The highest BCUT2D eigenvalue weighted by atomic mass is 32.2. The van der Waals surface area contributed by atoms with E-state index in [4.69, 9.17) is 0 Å². The molecular weight excluding hydrogens is 350 g/mol. The molecule has 0 fully saturated rings. The number of sulfonamides is 1. The molecule has 0 aromatic heterocycles. The van der Waals surface area contributed by atoms with Gasteiger partial charge < -0.3 is 10.2 Å². The van der Waals surface area contributed by atoms with Crippen LogP contribution < -0.4 is 10.0 Å². The number of anilines is 1. The van der Waals surface area contributed by atoms with Crippen LogP contribution in [0.4, 0.5) is 10.5 Å². The third-order valence-corrected chi connectivity index (χ3v) is 7.26. The molecule has 2 aliphatic carbocycles. The maximum absolute atomic E-state index is 12.5. The molecule has 0 saturated heterocycles. The number of fused-ring (bicyclic) bond motifs is 2. The topological polar surface area (TPSA) is 78.5 Å². The van der Waals surface area contributed by atoms with Crippen LogP contribution in [-0.4, -0.2) is 44.7 Å². The Balaban J connectivity index is 1.75.